The van der Waals surface area contributed by atoms with Gasteiger partial charge in [0, 0.05) is 16.6 Å². The first kappa shape index (κ1) is 16.4. The Kier molecular flexibility index (Phi) is 4.80. The minimum atomic E-state index is -0.412. The van der Waals surface area contributed by atoms with Crippen LogP contribution >= 0.6 is 15.9 Å². The fraction of sp³-hybridized carbons (Fsp3) is 0.235. The topological polar surface area (TPSA) is 66.2 Å². The number of fused-ring (bicyclic) bond motifs is 1. The summed E-state index contributed by atoms with van der Waals surface area (Å²) in [5.74, 6) is 0.261. The van der Waals surface area contributed by atoms with E-state index in [4.69, 9.17) is 9.47 Å². The number of methoxy groups -OCH3 is 1. The van der Waals surface area contributed by atoms with Gasteiger partial charge < -0.3 is 9.47 Å². The van der Waals surface area contributed by atoms with Crippen LogP contribution in [0.4, 0.5) is 0 Å². The van der Waals surface area contributed by atoms with Crippen molar-refractivity contribution in [3.63, 3.8) is 0 Å². The van der Waals surface area contributed by atoms with Crippen LogP contribution in [0.15, 0.2) is 40.9 Å². The Morgan fingerprint density at radius 1 is 1.25 bits per heavy atom. The van der Waals surface area contributed by atoms with Gasteiger partial charge in [-0.3, -0.25) is 0 Å². The summed E-state index contributed by atoms with van der Waals surface area (Å²) in [6, 6.07) is 10.8. The SMILES string of the molecule is CCn1nnc2cc(C(=O)OCc3cc(Br)ccc3OC)ccc21. The Hall–Kier alpha value is -2.41. The first-order valence-corrected chi connectivity index (χ1v) is 8.24. The van der Waals surface area contributed by atoms with Gasteiger partial charge in [-0.2, -0.15) is 0 Å². The largest absolute Gasteiger partial charge is 0.496 e. The zero-order valence-corrected chi connectivity index (χ0v) is 14.9. The summed E-state index contributed by atoms with van der Waals surface area (Å²) < 4.78 is 13.3. The fourth-order valence-electron chi connectivity index (χ4n) is 2.42. The molecule has 0 N–H and O–H groups in total. The maximum Gasteiger partial charge on any atom is 0.338 e. The van der Waals surface area contributed by atoms with Gasteiger partial charge in [0.05, 0.1) is 18.2 Å². The summed E-state index contributed by atoms with van der Waals surface area (Å²) in [5, 5.41) is 8.10. The number of aryl methyl sites for hydroxylation is 1. The molecule has 0 bridgehead atoms. The molecule has 7 heteroatoms. The molecule has 0 saturated heterocycles. The number of hydrogen-bond acceptors (Lipinski definition) is 5. The van der Waals surface area contributed by atoms with Gasteiger partial charge in [0.15, 0.2) is 0 Å². The molecule has 2 aromatic carbocycles. The van der Waals surface area contributed by atoms with Gasteiger partial charge in [0.2, 0.25) is 0 Å². The lowest BCUT2D eigenvalue weighted by Gasteiger charge is -2.10. The number of esters is 1. The van der Waals surface area contributed by atoms with Gasteiger partial charge in [0.25, 0.3) is 0 Å². The van der Waals surface area contributed by atoms with Crippen LogP contribution in [0.3, 0.4) is 0 Å². The summed E-state index contributed by atoms with van der Waals surface area (Å²) in [5.41, 5.74) is 2.80. The number of aromatic nitrogens is 3. The lowest BCUT2D eigenvalue weighted by atomic mass is 10.2. The molecule has 3 rings (SSSR count). The second kappa shape index (κ2) is 7.00. The smallest absolute Gasteiger partial charge is 0.338 e. The van der Waals surface area contributed by atoms with E-state index in [1.54, 1.807) is 23.9 Å². The van der Waals surface area contributed by atoms with E-state index in [0.717, 1.165) is 22.1 Å². The Balaban J connectivity index is 1.77. The molecule has 3 aromatic rings. The Labute approximate surface area is 147 Å². The second-order valence-corrected chi connectivity index (χ2v) is 6.06. The third-order valence-corrected chi connectivity index (χ3v) is 4.14. The molecule has 24 heavy (non-hydrogen) atoms. The minimum absolute atomic E-state index is 0.126. The van der Waals surface area contributed by atoms with Crippen LogP contribution in [-0.2, 0) is 17.9 Å². The highest BCUT2D eigenvalue weighted by atomic mass is 79.9. The highest BCUT2D eigenvalue weighted by Crippen LogP contribution is 2.24. The molecule has 124 valence electrons. The van der Waals surface area contributed by atoms with E-state index in [2.05, 4.69) is 26.2 Å². The van der Waals surface area contributed by atoms with Crippen LogP contribution in [0.5, 0.6) is 5.75 Å². The number of rotatable bonds is 5. The number of carbonyl (C=O) groups excluding carboxylic acids is 1. The molecule has 1 aromatic heterocycles. The first-order valence-electron chi connectivity index (χ1n) is 7.45. The van der Waals surface area contributed by atoms with Crippen LogP contribution in [0, 0.1) is 0 Å². The van der Waals surface area contributed by atoms with E-state index in [0.29, 0.717) is 16.8 Å². The Morgan fingerprint density at radius 2 is 2.08 bits per heavy atom. The summed E-state index contributed by atoms with van der Waals surface area (Å²) in [6.45, 7) is 2.84. The molecule has 0 saturated carbocycles. The van der Waals surface area contributed by atoms with E-state index in [1.165, 1.54) is 0 Å². The Morgan fingerprint density at radius 3 is 2.83 bits per heavy atom. The molecule has 0 aliphatic carbocycles. The van der Waals surface area contributed by atoms with Crippen molar-refractivity contribution in [3.8, 4) is 5.75 Å². The number of hydrogen-bond donors (Lipinski definition) is 0. The van der Waals surface area contributed by atoms with Crippen LogP contribution in [0.1, 0.15) is 22.8 Å². The number of benzene rings is 2. The molecule has 0 spiro atoms. The quantitative estimate of drug-likeness (QED) is 0.623. The molecular weight excluding hydrogens is 374 g/mol. The predicted octanol–water partition coefficient (Wildman–Crippen LogP) is 3.58. The minimum Gasteiger partial charge on any atom is -0.496 e. The fourth-order valence-corrected chi connectivity index (χ4v) is 2.83. The standard InChI is InChI=1S/C17H16BrN3O3/c1-3-21-15-6-4-11(9-14(15)19-20-21)17(22)24-10-12-8-13(18)5-7-16(12)23-2/h4-9H,3,10H2,1-2H3. The lowest BCUT2D eigenvalue weighted by Crippen LogP contribution is -2.06. The van der Waals surface area contributed by atoms with Crippen LogP contribution in [-0.4, -0.2) is 28.1 Å². The molecule has 0 atom stereocenters. The van der Waals surface area contributed by atoms with E-state index in [-0.39, 0.29) is 6.61 Å². The maximum absolute atomic E-state index is 12.3. The van der Waals surface area contributed by atoms with Gasteiger partial charge in [-0.15, -0.1) is 5.10 Å². The molecule has 0 amide bonds. The van der Waals surface area contributed by atoms with Gasteiger partial charge in [-0.1, -0.05) is 21.1 Å². The molecule has 0 aliphatic rings. The van der Waals surface area contributed by atoms with Crippen LogP contribution in [0.25, 0.3) is 11.0 Å². The summed E-state index contributed by atoms with van der Waals surface area (Å²) >= 11 is 3.40. The zero-order chi connectivity index (χ0) is 17.1. The summed E-state index contributed by atoms with van der Waals surface area (Å²) in [6.07, 6.45) is 0. The average Bonchev–Trinajstić information content (AvgIpc) is 3.02. The van der Waals surface area contributed by atoms with E-state index >= 15 is 0 Å². The van der Waals surface area contributed by atoms with Gasteiger partial charge in [0.1, 0.15) is 17.9 Å². The van der Waals surface area contributed by atoms with Crippen molar-refractivity contribution >= 4 is 32.9 Å². The van der Waals surface area contributed by atoms with Crippen molar-refractivity contribution in [1.29, 1.82) is 0 Å². The van der Waals surface area contributed by atoms with Gasteiger partial charge in [-0.05, 0) is 43.3 Å². The average molecular weight is 390 g/mol. The highest BCUT2D eigenvalue weighted by Gasteiger charge is 2.13. The van der Waals surface area contributed by atoms with Gasteiger partial charge >= 0.3 is 5.97 Å². The normalized spacial score (nSPS) is 10.8. The molecule has 1 heterocycles. The third kappa shape index (κ3) is 3.26. The van der Waals surface area contributed by atoms with Crippen LogP contribution in [0.2, 0.25) is 0 Å². The number of ether oxygens (including phenoxy) is 2. The molecule has 0 fully saturated rings. The number of nitrogens with zero attached hydrogens (tertiary/aromatic N) is 3. The van der Waals surface area contributed by atoms with Crippen molar-refractivity contribution in [3.05, 3.63) is 52.0 Å². The molecule has 6 nitrogen and oxygen atoms in total. The van der Waals surface area contributed by atoms with Crippen molar-refractivity contribution in [2.24, 2.45) is 0 Å². The maximum atomic E-state index is 12.3. The van der Waals surface area contributed by atoms with Crippen molar-refractivity contribution in [2.75, 3.05) is 7.11 Å². The molecular formula is C17H16BrN3O3. The van der Waals surface area contributed by atoms with Crippen molar-refractivity contribution < 1.29 is 14.3 Å². The van der Waals surface area contributed by atoms with Crippen molar-refractivity contribution in [1.82, 2.24) is 15.0 Å². The lowest BCUT2D eigenvalue weighted by molar-refractivity contribution is 0.0470. The molecule has 0 radical (unpaired) electrons. The third-order valence-electron chi connectivity index (χ3n) is 3.65. The monoisotopic (exact) mass is 389 g/mol. The second-order valence-electron chi connectivity index (χ2n) is 5.14. The molecule has 0 aliphatic heterocycles. The zero-order valence-electron chi connectivity index (χ0n) is 13.3. The van der Waals surface area contributed by atoms with Crippen LogP contribution < -0.4 is 4.74 Å². The summed E-state index contributed by atoms with van der Waals surface area (Å²) in [7, 11) is 1.58. The Bertz CT molecular complexity index is 892. The summed E-state index contributed by atoms with van der Waals surface area (Å²) in [4.78, 5) is 12.3. The highest BCUT2D eigenvalue weighted by molar-refractivity contribution is 9.10. The number of carbonyl (C=O) groups is 1. The van der Waals surface area contributed by atoms with E-state index in [1.807, 2.05) is 31.2 Å². The predicted molar refractivity (Wildman–Crippen MR) is 93.0 cm³/mol. The first-order chi connectivity index (χ1) is 11.6. The van der Waals surface area contributed by atoms with E-state index < -0.39 is 5.97 Å². The molecule has 0 unspecified atom stereocenters. The van der Waals surface area contributed by atoms with Crippen molar-refractivity contribution in [2.45, 2.75) is 20.1 Å². The number of halogens is 1. The van der Waals surface area contributed by atoms with Gasteiger partial charge in [-0.25, -0.2) is 9.48 Å². The van der Waals surface area contributed by atoms with E-state index in [9.17, 15) is 4.79 Å².